The number of rotatable bonds is 2. The lowest BCUT2D eigenvalue weighted by Gasteiger charge is -2.07. The predicted molar refractivity (Wildman–Crippen MR) is 66.4 cm³/mol. The van der Waals surface area contributed by atoms with Crippen molar-refractivity contribution < 1.29 is 9.90 Å². The fourth-order valence-corrected chi connectivity index (χ4v) is 1.93. The molecule has 0 unspecified atom stereocenters. The van der Waals surface area contributed by atoms with Crippen LogP contribution in [0.3, 0.4) is 0 Å². The molecule has 1 aromatic carbocycles. The van der Waals surface area contributed by atoms with Crippen LogP contribution in [0.1, 0.15) is 15.9 Å². The van der Waals surface area contributed by atoms with Gasteiger partial charge in [0.1, 0.15) is 10.7 Å². The number of aromatic nitrogens is 1. The average molecular weight is 248 g/mol. The van der Waals surface area contributed by atoms with Crippen LogP contribution in [0.15, 0.2) is 36.5 Å². The molecule has 2 rings (SSSR count). The van der Waals surface area contributed by atoms with Gasteiger partial charge in [0.15, 0.2) is 0 Å². The van der Waals surface area contributed by atoms with E-state index in [1.54, 1.807) is 6.07 Å². The lowest BCUT2D eigenvalue weighted by Crippen LogP contribution is -2.02. The van der Waals surface area contributed by atoms with Crippen molar-refractivity contribution in [3.63, 3.8) is 0 Å². The van der Waals surface area contributed by atoms with Gasteiger partial charge in [0.25, 0.3) is 0 Å². The third-order valence-corrected chi connectivity index (χ3v) is 2.73. The molecule has 2 aromatic rings. The van der Waals surface area contributed by atoms with Gasteiger partial charge in [0, 0.05) is 11.8 Å². The minimum atomic E-state index is -1.07. The van der Waals surface area contributed by atoms with Gasteiger partial charge in [-0.25, -0.2) is 9.78 Å². The maximum absolute atomic E-state index is 11.2. The Hall–Kier alpha value is -1.87. The summed E-state index contributed by atoms with van der Waals surface area (Å²) in [6.07, 6.45) is 1.51. The van der Waals surface area contributed by atoms with E-state index in [0.717, 1.165) is 11.1 Å². The number of hydrogen-bond donors (Lipinski definition) is 1. The molecule has 1 heterocycles. The highest BCUT2D eigenvalue weighted by atomic mass is 35.5. The number of benzene rings is 1. The van der Waals surface area contributed by atoms with Gasteiger partial charge >= 0.3 is 5.97 Å². The van der Waals surface area contributed by atoms with E-state index in [1.807, 2.05) is 31.2 Å². The summed E-state index contributed by atoms with van der Waals surface area (Å²) < 4.78 is 0. The molecule has 0 spiro atoms. The summed E-state index contributed by atoms with van der Waals surface area (Å²) in [4.78, 5) is 15.0. The van der Waals surface area contributed by atoms with Gasteiger partial charge in [-0.1, -0.05) is 41.4 Å². The fourth-order valence-electron chi connectivity index (χ4n) is 1.69. The van der Waals surface area contributed by atoms with E-state index in [4.69, 9.17) is 16.7 Å². The Balaban J connectivity index is 2.67. The van der Waals surface area contributed by atoms with Gasteiger partial charge in [-0.2, -0.15) is 0 Å². The Bertz CT molecular complexity index is 581. The second-order valence-electron chi connectivity index (χ2n) is 3.70. The number of nitrogens with zero attached hydrogens (tertiary/aromatic N) is 1. The molecule has 1 aromatic heterocycles. The Morgan fingerprint density at radius 2 is 2.12 bits per heavy atom. The first-order valence-electron chi connectivity index (χ1n) is 5.04. The number of carbonyl (C=O) groups is 1. The smallest absolute Gasteiger partial charge is 0.339 e. The van der Waals surface area contributed by atoms with Crippen LogP contribution in [0.25, 0.3) is 11.1 Å². The van der Waals surface area contributed by atoms with E-state index in [1.165, 1.54) is 6.20 Å². The van der Waals surface area contributed by atoms with E-state index < -0.39 is 5.97 Å². The quantitative estimate of drug-likeness (QED) is 0.828. The summed E-state index contributed by atoms with van der Waals surface area (Å²) in [7, 11) is 0. The molecular weight excluding hydrogens is 238 g/mol. The molecule has 0 saturated carbocycles. The zero-order valence-corrected chi connectivity index (χ0v) is 9.90. The summed E-state index contributed by atoms with van der Waals surface area (Å²) in [5.74, 6) is -1.07. The van der Waals surface area contributed by atoms with Gasteiger partial charge in [0.2, 0.25) is 0 Å². The highest BCUT2D eigenvalue weighted by molar-refractivity contribution is 6.33. The van der Waals surface area contributed by atoms with Crippen molar-refractivity contribution in [2.24, 2.45) is 0 Å². The minimum Gasteiger partial charge on any atom is -0.478 e. The summed E-state index contributed by atoms with van der Waals surface area (Å²) in [6, 6.07) is 9.25. The maximum atomic E-state index is 11.2. The molecule has 0 aliphatic rings. The molecular formula is C13H10ClNO2. The fraction of sp³-hybridized carbons (Fsp3) is 0.0769. The molecule has 86 valence electrons. The number of carboxylic acids is 1. The van der Waals surface area contributed by atoms with Crippen molar-refractivity contribution in [2.45, 2.75) is 6.92 Å². The maximum Gasteiger partial charge on any atom is 0.339 e. The normalized spacial score (nSPS) is 10.2. The van der Waals surface area contributed by atoms with Crippen LogP contribution < -0.4 is 0 Å². The number of carboxylic acid groups (broad SMARTS) is 1. The van der Waals surface area contributed by atoms with Crippen molar-refractivity contribution in [1.82, 2.24) is 4.98 Å². The van der Waals surface area contributed by atoms with E-state index in [9.17, 15) is 4.79 Å². The van der Waals surface area contributed by atoms with Crippen LogP contribution in [0.2, 0.25) is 5.15 Å². The zero-order valence-electron chi connectivity index (χ0n) is 9.14. The largest absolute Gasteiger partial charge is 0.478 e. The molecule has 17 heavy (non-hydrogen) atoms. The van der Waals surface area contributed by atoms with Crippen molar-refractivity contribution in [2.75, 3.05) is 0 Å². The molecule has 0 aliphatic heterocycles. The predicted octanol–water partition coefficient (Wildman–Crippen LogP) is 3.41. The average Bonchev–Trinajstić information content (AvgIpc) is 2.28. The molecule has 0 radical (unpaired) electrons. The second kappa shape index (κ2) is 4.55. The van der Waals surface area contributed by atoms with Crippen LogP contribution in [0, 0.1) is 6.92 Å². The Morgan fingerprint density at radius 3 is 2.76 bits per heavy atom. The summed E-state index contributed by atoms with van der Waals surface area (Å²) >= 11 is 5.82. The summed E-state index contributed by atoms with van der Waals surface area (Å²) in [6.45, 7) is 1.95. The highest BCUT2D eigenvalue weighted by Gasteiger charge is 2.16. The lowest BCUT2D eigenvalue weighted by atomic mass is 10.0. The van der Waals surface area contributed by atoms with Gasteiger partial charge in [-0.3, -0.25) is 0 Å². The zero-order chi connectivity index (χ0) is 12.4. The SMILES string of the molecule is Cc1cccc(-c2ccnc(Cl)c2C(=O)O)c1. The third kappa shape index (κ3) is 2.29. The third-order valence-electron chi connectivity index (χ3n) is 2.45. The van der Waals surface area contributed by atoms with E-state index in [0.29, 0.717) is 5.56 Å². The molecule has 0 fully saturated rings. The first-order valence-corrected chi connectivity index (χ1v) is 5.42. The first kappa shape index (κ1) is 11.6. The topological polar surface area (TPSA) is 50.2 Å². The molecule has 0 bridgehead atoms. The summed E-state index contributed by atoms with van der Waals surface area (Å²) in [5, 5.41) is 9.16. The summed E-state index contributed by atoms with van der Waals surface area (Å²) in [5.41, 5.74) is 2.51. The number of pyridine rings is 1. The van der Waals surface area contributed by atoms with E-state index >= 15 is 0 Å². The molecule has 3 nitrogen and oxygen atoms in total. The van der Waals surface area contributed by atoms with Gasteiger partial charge < -0.3 is 5.11 Å². The molecule has 0 saturated heterocycles. The number of aromatic carboxylic acids is 1. The van der Waals surface area contributed by atoms with Crippen molar-refractivity contribution >= 4 is 17.6 Å². The minimum absolute atomic E-state index is 0.0107. The standard InChI is InChI=1S/C13H10ClNO2/c1-8-3-2-4-9(7-8)10-5-6-15-12(14)11(10)13(16)17/h2-7H,1H3,(H,16,17). The number of hydrogen-bond acceptors (Lipinski definition) is 2. The van der Waals surface area contributed by atoms with Crippen LogP contribution in [0.4, 0.5) is 0 Å². The second-order valence-corrected chi connectivity index (χ2v) is 4.06. The highest BCUT2D eigenvalue weighted by Crippen LogP contribution is 2.28. The van der Waals surface area contributed by atoms with Crippen LogP contribution in [-0.4, -0.2) is 16.1 Å². The molecule has 4 heteroatoms. The molecule has 0 amide bonds. The van der Waals surface area contributed by atoms with E-state index in [-0.39, 0.29) is 10.7 Å². The number of aryl methyl sites for hydroxylation is 1. The first-order chi connectivity index (χ1) is 8.09. The van der Waals surface area contributed by atoms with E-state index in [2.05, 4.69) is 4.98 Å². The van der Waals surface area contributed by atoms with Crippen molar-refractivity contribution in [3.05, 3.63) is 52.8 Å². The van der Waals surface area contributed by atoms with Gasteiger partial charge in [-0.15, -0.1) is 0 Å². The van der Waals surface area contributed by atoms with Crippen molar-refractivity contribution in [3.8, 4) is 11.1 Å². The molecule has 0 atom stereocenters. The van der Waals surface area contributed by atoms with Crippen LogP contribution in [0.5, 0.6) is 0 Å². The van der Waals surface area contributed by atoms with Crippen molar-refractivity contribution in [1.29, 1.82) is 0 Å². The molecule has 0 aliphatic carbocycles. The lowest BCUT2D eigenvalue weighted by molar-refractivity contribution is 0.0697. The van der Waals surface area contributed by atoms with Crippen LogP contribution in [-0.2, 0) is 0 Å². The number of halogens is 1. The monoisotopic (exact) mass is 247 g/mol. The van der Waals surface area contributed by atoms with Gasteiger partial charge in [0.05, 0.1) is 0 Å². The Morgan fingerprint density at radius 1 is 1.35 bits per heavy atom. The molecule has 1 N–H and O–H groups in total. The Kier molecular flexibility index (Phi) is 3.11. The Labute approximate surface area is 104 Å². The van der Waals surface area contributed by atoms with Gasteiger partial charge in [-0.05, 0) is 18.6 Å². The van der Waals surface area contributed by atoms with Crippen LogP contribution >= 0.6 is 11.6 Å².